The van der Waals surface area contributed by atoms with Crippen molar-refractivity contribution < 1.29 is 14.3 Å². The van der Waals surface area contributed by atoms with Crippen LogP contribution >= 0.6 is 0 Å². The number of aryl methyl sites for hydroxylation is 1. The van der Waals surface area contributed by atoms with Gasteiger partial charge in [-0.2, -0.15) is 5.10 Å². The van der Waals surface area contributed by atoms with Crippen LogP contribution < -0.4 is 14.8 Å². The number of nitrogens with one attached hydrogen (secondary N) is 1. The largest absolute Gasteiger partial charge is 0.490 e. The Labute approximate surface area is 179 Å². The van der Waals surface area contributed by atoms with Crippen molar-refractivity contribution in [3.05, 3.63) is 41.7 Å². The number of hydrogen-bond acceptors (Lipinski definition) is 5. The minimum absolute atomic E-state index is 0.0124. The van der Waals surface area contributed by atoms with Crippen LogP contribution in [0.25, 0.3) is 0 Å². The highest BCUT2D eigenvalue weighted by Crippen LogP contribution is 2.34. The summed E-state index contributed by atoms with van der Waals surface area (Å²) in [6.45, 7) is 10.8. The summed E-state index contributed by atoms with van der Waals surface area (Å²) >= 11 is 0. The number of fused-ring (bicyclic) bond motifs is 1. The molecule has 1 atom stereocenters. The summed E-state index contributed by atoms with van der Waals surface area (Å²) in [5, 5.41) is 7.46. The van der Waals surface area contributed by atoms with Gasteiger partial charge in [-0.3, -0.25) is 14.4 Å². The highest BCUT2D eigenvalue weighted by molar-refractivity contribution is 5.78. The number of amides is 1. The molecule has 3 rings (SSSR count). The van der Waals surface area contributed by atoms with Gasteiger partial charge < -0.3 is 14.8 Å². The van der Waals surface area contributed by atoms with Crippen molar-refractivity contribution in [1.82, 2.24) is 20.0 Å². The van der Waals surface area contributed by atoms with Gasteiger partial charge in [0.1, 0.15) is 0 Å². The normalized spacial score (nSPS) is 14.8. The van der Waals surface area contributed by atoms with Crippen LogP contribution in [0.4, 0.5) is 0 Å². The van der Waals surface area contributed by atoms with Gasteiger partial charge >= 0.3 is 0 Å². The molecule has 164 valence electrons. The van der Waals surface area contributed by atoms with E-state index in [1.54, 1.807) is 4.68 Å². The maximum atomic E-state index is 13.0. The smallest absolute Gasteiger partial charge is 0.234 e. The van der Waals surface area contributed by atoms with Gasteiger partial charge in [-0.1, -0.05) is 19.9 Å². The first-order valence-electron chi connectivity index (χ1n) is 10.7. The SMILES string of the molecule is CC(C)[C@H](NC(=O)CN(Cc1cnn(C)c1)C(C)C)c1ccc2c(c1)OCCCO2. The molecular formula is C23H34N4O3. The van der Waals surface area contributed by atoms with E-state index in [-0.39, 0.29) is 23.9 Å². The van der Waals surface area contributed by atoms with E-state index in [9.17, 15) is 4.79 Å². The fourth-order valence-corrected chi connectivity index (χ4v) is 3.62. The zero-order valence-electron chi connectivity index (χ0n) is 18.7. The lowest BCUT2D eigenvalue weighted by atomic mass is 9.95. The standard InChI is InChI=1S/C23H34N4O3/c1-16(2)23(19-7-8-20-21(11-19)30-10-6-9-29-20)25-22(28)15-27(17(3)4)14-18-12-24-26(5)13-18/h7-8,11-13,16-17,23H,6,9-10,14-15H2,1-5H3,(H,25,28)/t23-/m0/s1. The minimum atomic E-state index is -0.0953. The Bertz CT molecular complexity index is 847. The van der Waals surface area contributed by atoms with E-state index in [1.165, 1.54) is 0 Å². The summed E-state index contributed by atoms with van der Waals surface area (Å²) in [7, 11) is 1.90. The number of nitrogens with zero attached hydrogens (tertiary/aromatic N) is 3. The van der Waals surface area contributed by atoms with Crippen molar-refractivity contribution in [2.45, 2.75) is 52.7 Å². The predicted octanol–water partition coefficient (Wildman–Crippen LogP) is 3.31. The van der Waals surface area contributed by atoms with E-state index in [0.717, 1.165) is 29.0 Å². The molecule has 1 aromatic heterocycles. The van der Waals surface area contributed by atoms with Crippen molar-refractivity contribution in [2.75, 3.05) is 19.8 Å². The van der Waals surface area contributed by atoms with Gasteiger partial charge in [0, 0.05) is 37.8 Å². The number of carbonyl (C=O) groups excluding carboxylic acids is 1. The number of hydrogen-bond donors (Lipinski definition) is 1. The summed E-state index contributed by atoms with van der Waals surface area (Å²) in [6.07, 6.45) is 4.71. The molecule has 1 aromatic carbocycles. The van der Waals surface area contributed by atoms with Gasteiger partial charge in [0.2, 0.25) is 5.91 Å². The summed E-state index contributed by atoms with van der Waals surface area (Å²) in [5.74, 6) is 1.78. The summed E-state index contributed by atoms with van der Waals surface area (Å²) in [6, 6.07) is 6.12. The predicted molar refractivity (Wildman–Crippen MR) is 117 cm³/mol. The average Bonchev–Trinajstić information content (AvgIpc) is 2.96. The molecule has 2 heterocycles. The third kappa shape index (κ3) is 5.75. The average molecular weight is 415 g/mol. The second kappa shape index (κ2) is 9.98. The summed E-state index contributed by atoms with van der Waals surface area (Å²) in [5.41, 5.74) is 2.13. The Balaban J connectivity index is 1.69. The Morgan fingerprint density at radius 3 is 2.57 bits per heavy atom. The van der Waals surface area contributed by atoms with Crippen LogP contribution in [0.1, 0.15) is 51.3 Å². The number of carbonyl (C=O) groups is 1. The monoisotopic (exact) mass is 414 g/mol. The third-order valence-electron chi connectivity index (χ3n) is 5.33. The van der Waals surface area contributed by atoms with Gasteiger partial charge in [-0.05, 0) is 37.5 Å². The van der Waals surface area contributed by atoms with E-state index in [2.05, 4.69) is 43.0 Å². The zero-order valence-corrected chi connectivity index (χ0v) is 18.7. The fraction of sp³-hybridized carbons (Fsp3) is 0.565. The lowest BCUT2D eigenvalue weighted by Crippen LogP contribution is -2.42. The molecule has 0 saturated carbocycles. The highest BCUT2D eigenvalue weighted by atomic mass is 16.5. The van der Waals surface area contributed by atoms with Crippen LogP contribution in [0.5, 0.6) is 11.5 Å². The number of rotatable bonds is 8. The Morgan fingerprint density at radius 1 is 1.20 bits per heavy atom. The Hall–Kier alpha value is -2.54. The molecule has 7 heteroatoms. The quantitative estimate of drug-likeness (QED) is 0.718. The summed E-state index contributed by atoms with van der Waals surface area (Å²) < 4.78 is 13.4. The second-order valence-corrected chi connectivity index (χ2v) is 8.57. The molecule has 0 unspecified atom stereocenters. The van der Waals surface area contributed by atoms with Gasteiger partial charge in [0.25, 0.3) is 0 Å². The molecular weight excluding hydrogens is 380 g/mol. The lowest BCUT2D eigenvalue weighted by Gasteiger charge is -2.28. The van der Waals surface area contributed by atoms with Crippen LogP contribution in [-0.4, -0.2) is 46.4 Å². The molecule has 1 aliphatic rings. The molecule has 2 aromatic rings. The third-order valence-corrected chi connectivity index (χ3v) is 5.33. The fourth-order valence-electron chi connectivity index (χ4n) is 3.62. The van der Waals surface area contributed by atoms with Gasteiger partial charge in [-0.15, -0.1) is 0 Å². The second-order valence-electron chi connectivity index (χ2n) is 8.57. The minimum Gasteiger partial charge on any atom is -0.490 e. The van der Waals surface area contributed by atoms with Crippen molar-refractivity contribution in [3.8, 4) is 11.5 Å². The molecule has 0 radical (unpaired) electrons. The van der Waals surface area contributed by atoms with E-state index >= 15 is 0 Å². The van der Waals surface area contributed by atoms with Crippen LogP contribution in [0, 0.1) is 5.92 Å². The Morgan fingerprint density at radius 2 is 1.93 bits per heavy atom. The first-order chi connectivity index (χ1) is 14.3. The van der Waals surface area contributed by atoms with E-state index in [1.807, 2.05) is 37.6 Å². The van der Waals surface area contributed by atoms with Crippen molar-refractivity contribution in [2.24, 2.45) is 13.0 Å². The number of aromatic nitrogens is 2. The molecule has 0 aliphatic carbocycles. The van der Waals surface area contributed by atoms with Crippen LogP contribution in [0.2, 0.25) is 0 Å². The molecule has 0 saturated heterocycles. The molecule has 0 bridgehead atoms. The highest BCUT2D eigenvalue weighted by Gasteiger charge is 2.23. The van der Waals surface area contributed by atoms with E-state index < -0.39 is 0 Å². The Kier molecular flexibility index (Phi) is 7.37. The zero-order chi connectivity index (χ0) is 21.7. The molecule has 30 heavy (non-hydrogen) atoms. The molecule has 7 nitrogen and oxygen atoms in total. The van der Waals surface area contributed by atoms with Gasteiger partial charge in [0.15, 0.2) is 11.5 Å². The topological polar surface area (TPSA) is 68.6 Å². The number of benzene rings is 1. The lowest BCUT2D eigenvalue weighted by molar-refractivity contribution is -0.123. The molecule has 1 aliphatic heterocycles. The van der Waals surface area contributed by atoms with Crippen LogP contribution in [0.3, 0.4) is 0 Å². The molecule has 1 amide bonds. The maximum absolute atomic E-state index is 13.0. The van der Waals surface area contributed by atoms with Crippen molar-refractivity contribution >= 4 is 5.91 Å². The van der Waals surface area contributed by atoms with Crippen molar-refractivity contribution in [3.63, 3.8) is 0 Å². The molecule has 0 spiro atoms. The van der Waals surface area contributed by atoms with Crippen LogP contribution in [-0.2, 0) is 18.4 Å². The van der Waals surface area contributed by atoms with Gasteiger partial charge in [-0.25, -0.2) is 0 Å². The first kappa shape index (κ1) is 22.2. The molecule has 0 fully saturated rings. The van der Waals surface area contributed by atoms with E-state index in [4.69, 9.17) is 9.47 Å². The van der Waals surface area contributed by atoms with Crippen molar-refractivity contribution in [1.29, 1.82) is 0 Å². The first-order valence-corrected chi connectivity index (χ1v) is 10.7. The summed E-state index contributed by atoms with van der Waals surface area (Å²) in [4.78, 5) is 15.1. The van der Waals surface area contributed by atoms with Crippen LogP contribution in [0.15, 0.2) is 30.6 Å². The number of ether oxygens (including phenoxy) is 2. The molecule has 1 N–H and O–H groups in total. The van der Waals surface area contributed by atoms with E-state index in [0.29, 0.717) is 26.3 Å². The maximum Gasteiger partial charge on any atom is 0.234 e. The van der Waals surface area contributed by atoms with Gasteiger partial charge in [0.05, 0.1) is 32.0 Å².